The Morgan fingerprint density at radius 3 is 2.25 bits per heavy atom. The molecule has 0 aliphatic carbocycles. The Labute approximate surface area is 120 Å². The van der Waals surface area contributed by atoms with Gasteiger partial charge in [-0.1, -0.05) is 30.3 Å². The fraction of sp³-hybridized carbons (Fsp3) is 0.154. The predicted octanol–water partition coefficient (Wildman–Crippen LogP) is 2.05. The zero-order valence-electron chi connectivity index (χ0n) is 10.4. The van der Waals surface area contributed by atoms with E-state index in [1.54, 1.807) is 0 Å². The molecule has 1 heterocycles. The van der Waals surface area contributed by atoms with Gasteiger partial charge in [0.15, 0.2) is 5.82 Å². The van der Waals surface area contributed by atoms with Crippen molar-refractivity contribution in [2.24, 2.45) is 0 Å². The number of hydrogen-bond acceptors (Lipinski definition) is 6. The van der Waals surface area contributed by atoms with Crippen molar-refractivity contribution in [3.05, 3.63) is 35.6 Å². The summed E-state index contributed by atoms with van der Waals surface area (Å²) in [6.45, 7) is 0.00423. The van der Waals surface area contributed by atoms with Crippen molar-refractivity contribution in [2.75, 3.05) is 18.0 Å². The molecule has 0 spiro atoms. The molecule has 6 nitrogen and oxygen atoms in total. The number of hydrogen-bond donors (Lipinski definition) is 0. The highest BCUT2D eigenvalue weighted by Gasteiger charge is 2.13. The number of nitriles is 2. The summed E-state index contributed by atoms with van der Waals surface area (Å²) in [6, 6.07) is 13.2. The second kappa shape index (κ2) is 6.46. The van der Waals surface area contributed by atoms with Crippen molar-refractivity contribution >= 4 is 17.5 Å². The lowest BCUT2D eigenvalue weighted by molar-refractivity contribution is 0.882. The lowest BCUT2D eigenvalue weighted by Crippen LogP contribution is -2.26. The lowest BCUT2D eigenvalue weighted by Gasteiger charge is -2.15. The van der Waals surface area contributed by atoms with Crippen molar-refractivity contribution in [1.29, 1.82) is 10.5 Å². The minimum atomic E-state index is 0.00211. The van der Waals surface area contributed by atoms with Crippen LogP contribution in [0.4, 0.5) is 5.95 Å². The topological polar surface area (TPSA) is 89.5 Å². The summed E-state index contributed by atoms with van der Waals surface area (Å²) in [5, 5.41) is 17.6. The van der Waals surface area contributed by atoms with Gasteiger partial charge in [0, 0.05) is 5.56 Å². The molecule has 0 fully saturated rings. The maximum Gasteiger partial charge on any atom is 0.231 e. The minimum Gasteiger partial charge on any atom is -0.314 e. The first-order valence-corrected chi connectivity index (χ1v) is 6.08. The van der Waals surface area contributed by atoms with E-state index in [0.29, 0.717) is 5.82 Å². The van der Waals surface area contributed by atoms with Gasteiger partial charge in [-0.3, -0.25) is 0 Å². The minimum absolute atomic E-state index is 0.00211. The molecule has 20 heavy (non-hydrogen) atoms. The van der Waals surface area contributed by atoms with Gasteiger partial charge < -0.3 is 4.90 Å². The first-order valence-electron chi connectivity index (χ1n) is 5.70. The number of benzene rings is 1. The SMILES string of the molecule is N#CCN(CC#N)c1nc(Cl)nc(-c2ccccc2)n1. The van der Waals surface area contributed by atoms with Gasteiger partial charge in [0.1, 0.15) is 13.1 Å². The van der Waals surface area contributed by atoms with E-state index in [1.165, 1.54) is 4.90 Å². The Kier molecular flexibility index (Phi) is 4.43. The summed E-state index contributed by atoms with van der Waals surface area (Å²) in [5.41, 5.74) is 0.784. The van der Waals surface area contributed by atoms with Gasteiger partial charge in [0.25, 0.3) is 0 Å². The van der Waals surface area contributed by atoms with Crippen LogP contribution in [0.1, 0.15) is 0 Å². The Hall–Kier alpha value is -2.70. The molecule has 0 aliphatic heterocycles. The van der Waals surface area contributed by atoms with Crippen LogP contribution in [0.5, 0.6) is 0 Å². The number of rotatable bonds is 4. The summed E-state index contributed by atoms with van der Waals surface area (Å²) in [5.74, 6) is 0.619. The number of halogens is 1. The molecule has 0 amide bonds. The molecule has 0 atom stereocenters. The van der Waals surface area contributed by atoms with E-state index in [-0.39, 0.29) is 24.3 Å². The molecule has 0 radical (unpaired) electrons. The van der Waals surface area contributed by atoms with E-state index < -0.39 is 0 Å². The largest absolute Gasteiger partial charge is 0.314 e. The molecule has 7 heteroatoms. The predicted molar refractivity (Wildman–Crippen MR) is 73.7 cm³/mol. The van der Waals surface area contributed by atoms with Crippen LogP contribution in [0, 0.1) is 22.7 Å². The van der Waals surface area contributed by atoms with Crippen LogP contribution in [-0.2, 0) is 0 Å². The second-order valence-corrected chi connectivity index (χ2v) is 4.10. The van der Waals surface area contributed by atoms with E-state index in [4.69, 9.17) is 22.1 Å². The molecular weight excluding hydrogens is 276 g/mol. The molecule has 98 valence electrons. The van der Waals surface area contributed by atoms with E-state index in [0.717, 1.165) is 5.56 Å². The van der Waals surface area contributed by atoms with Crippen LogP contribution in [-0.4, -0.2) is 28.0 Å². The second-order valence-electron chi connectivity index (χ2n) is 3.77. The third-order valence-corrected chi connectivity index (χ3v) is 2.60. The van der Waals surface area contributed by atoms with Gasteiger partial charge in [-0.25, -0.2) is 0 Å². The van der Waals surface area contributed by atoms with Crippen molar-refractivity contribution in [2.45, 2.75) is 0 Å². The lowest BCUT2D eigenvalue weighted by atomic mass is 10.2. The molecule has 0 saturated heterocycles. The molecule has 1 aromatic carbocycles. The Morgan fingerprint density at radius 1 is 1.00 bits per heavy atom. The van der Waals surface area contributed by atoms with Gasteiger partial charge in [-0.15, -0.1) is 0 Å². The molecule has 0 unspecified atom stereocenters. The number of aromatic nitrogens is 3. The third kappa shape index (κ3) is 3.19. The van der Waals surface area contributed by atoms with Gasteiger partial charge in [-0.2, -0.15) is 25.5 Å². The van der Waals surface area contributed by atoms with E-state index >= 15 is 0 Å². The molecule has 2 aromatic rings. The van der Waals surface area contributed by atoms with Gasteiger partial charge in [0.2, 0.25) is 11.2 Å². The average Bonchev–Trinajstić information content (AvgIpc) is 2.47. The van der Waals surface area contributed by atoms with E-state index in [9.17, 15) is 0 Å². The third-order valence-electron chi connectivity index (χ3n) is 2.43. The summed E-state index contributed by atoms with van der Waals surface area (Å²) in [6.07, 6.45) is 0. The highest BCUT2D eigenvalue weighted by molar-refractivity contribution is 6.28. The average molecular weight is 285 g/mol. The normalized spacial score (nSPS) is 9.55. The molecule has 0 saturated carbocycles. The maximum atomic E-state index is 8.78. The van der Waals surface area contributed by atoms with Gasteiger partial charge >= 0.3 is 0 Å². The molecule has 0 N–H and O–H groups in total. The first kappa shape index (κ1) is 13.7. The highest BCUT2D eigenvalue weighted by Crippen LogP contribution is 2.19. The van der Waals surface area contributed by atoms with Crippen LogP contribution in [0.3, 0.4) is 0 Å². The van der Waals surface area contributed by atoms with Crippen LogP contribution in [0.2, 0.25) is 5.28 Å². The van der Waals surface area contributed by atoms with Crippen molar-refractivity contribution in [3.63, 3.8) is 0 Å². The zero-order valence-corrected chi connectivity index (χ0v) is 11.1. The fourth-order valence-electron chi connectivity index (χ4n) is 1.57. The number of nitrogens with zero attached hydrogens (tertiary/aromatic N) is 6. The van der Waals surface area contributed by atoms with Crippen molar-refractivity contribution in [3.8, 4) is 23.5 Å². The zero-order chi connectivity index (χ0) is 14.4. The summed E-state index contributed by atoms with van der Waals surface area (Å²) < 4.78 is 0. The molecule has 1 aromatic heterocycles. The van der Waals surface area contributed by atoms with Gasteiger partial charge in [0.05, 0.1) is 12.1 Å². The Balaban J connectivity index is 2.43. The standard InChI is InChI=1S/C13H9ClN6/c14-12-17-11(10-4-2-1-3-5-10)18-13(19-12)20(8-6-15)9-7-16/h1-5H,8-9H2. The van der Waals surface area contributed by atoms with Crippen LogP contribution < -0.4 is 4.90 Å². The maximum absolute atomic E-state index is 8.78. The fourth-order valence-corrected chi connectivity index (χ4v) is 1.72. The smallest absolute Gasteiger partial charge is 0.231 e. The summed E-state index contributed by atoms with van der Waals surface area (Å²) in [7, 11) is 0. The number of anilines is 1. The van der Waals surface area contributed by atoms with Crippen LogP contribution in [0.15, 0.2) is 30.3 Å². The highest BCUT2D eigenvalue weighted by atomic mass is 35.5. The first-order chi connectivity index (χ1) is 9.74. The van der Waals surface area contributed by atoms with Crippen molar-refractivity contribution in [1.82, 2.24) is 15.0 Å². The molecule has 0 bridgehead atoms. The quantitative estimate of drug-likeness (QED) is 0.798. The molecule has 2 rings (SSSR count). The summed E-state index contributed by atoms with van der Waals surface area (Å²) in [4.78, 5) is 13.7. The van der Waals surface area contributed by atoms with E-state index in [1.807, 2.05) is 42.5 Å². The van der Waals surface area contributed by atoms with Crippen LogP contribution in [0.25, 0.3) is 11.4 Å². The van der Waals surface area contributed by atoms with Gasteiger partial charge in [-0.05, 0) is 11.6 Å². The monoisotopic (exact) mass is 284 g/mol. The van der Waals surface area contributed by atoms with Crippen LogP contribution >= 0.6 is 11.6 Å². The Bertz CT molecular complexity index is 657. The summed E-state index contributed by atoms with van der Waals surface area (Å²) >= 11 is 5.89. The van der Waals surface area contributed by atoms with Crippen molar-refractivity contribution < 1.29 is 0 Å². The molecule has 0 aliphatic rings. The Morgan fingerprint density at radius 2 is 1.65 bits per heavy atom. The van der Waals surface area contributed by atoms with E-state index in [2.05, 4.69) is 15.0 Å². The molecular formula is C13H9ClN6.